The van der Waals surface area contributed by atoms with Crippen LogP contribution in [0.4, 0.5) is 13.2 Å². The van der Waals surface area contributed by atoms with Crippen molar-refractivity contribution < 1.29 is 13.2 Å². The van der Waals surface area contributed by atoms with Crippen LogP contribution in [0.25, 0.3) is 5.65 Å². The predicted molar refractivity (Wildman–Crippen MR) is 83.9 cm³/mol. The van der Waals surface area contributed by atoms with Crippen LogP contribution in [0.5, 0.6) is 0 Å². The molecule has 0 bridgehead atoms. The Hall–Kier alpha value is -2.52. The number of nitriles is 1. The highest BCUT2D eigenvalue weighted by Gasteiger charge is 2.33. The van der Waals surface area contributed by atoms with E-state index in [1.807, 2.05) is 6.07 Å². The topological polar surface area (TPSA) is 41.1 Å². The Labute approximate surface area is 140 Å². The second kappa shape index (κ2) is 5.84. The molecule has 1 aromatic carbocycles. The number of halogens is 4. The van der Waals surface area contributed by atoms with Crippen LogP contribution in [0.3, 0.4) is 0 Å². The van der Waals surface area contributed by atoms with E-state index in [0.29, 0.717) is 16.9 Å². The van der Waals surface area contributed by atoms with E-state index in [1.165, 1.54) is 12.1 Å². The number of aryl methyl sites for hydroxylation is 1. The SMILES string of the molecule is Cc1c(Cc2ccc(Cl)cc2C(F)(F)F)nc2cc(C#N)ccn12. The van der Waals surface area contributed by atoms with Gasteiger partial charge in [0.1, 0.15) is 5.65 Å². The van der Waals surface area contributed by atoms with E-state index in [9.17, 15) is 13.2 Å². The van der Waals surface area contributed by atoms with Gasteiger partial charge in [0.25, 0.3) is 0 Å². The molecule has 0 aliphatic rings. The molecule has 2 aromatic heterocycles. The molecule has 0 atom stereocenters. The molecule has 3 rings (SSSR count). The summed E-state index contributed by atoms with van der Waals surface area (Å²) < 4.78 is 41.4. The number of imidazole rings is 1. The molecule has 3 nitrogen and oxygen atoms in total. The first-order valence-corrected chi connectivity index (χ1v) is 7.40. The lowest BCUT2D eigenvalue weighted by Crippen LogP contribution is -2.10. The Morgan fingerprint density at radius 3 is 2.67 bits per heavy atom. The van der Waals surface area contributed by atoms with E-state index in [1.54, 1.807) is 29.7 Å². The molecule has 7 heteroatoms. The monoisotopic (exact) mass is 349 g/mol. The molecule has 0 N–H and O–H groups in total. The number of pyridine rings is 1. The van der Waals surface area contributed by atoms with Gasteiger partial charge in [0.2, 0.25) is 0 Å². The molecular formula is C17H11ClF3N3. The van der Waals surface area contributed by atoms with Gasteiger partial charge in [-0.25, -0.2) is 4.98 Å². The van der Waals surface area contributed by atoms with Crippen molar-refractivity contribution in [2.45, 2.75) is 19.5 Å². The maximum Gasteiger partial charge on any atom is 0.416 e. The summed E-state index contributed by atoms with van der Waals surface area (Å²) in [5.41, 5.74) is 1.59. The normalized spacial score (nSPS) is 11.7. The van der Waals surface area contributed by atoms with Gasteiger partial charge in [-0.2, -0.15) is 18.4 Å². The fourth-order valence-electron chi connectivity index (χ4n) is 2.60. The summed E-state index contributed by atoms with van der Waals surface area (Å²) in [5.74, 6) is 0. The maximum absolute atomic E-state index is 13.2. The number of benzene rings is 1. The van der Waals surface area contributed by atoms with E-state index in [4.69, 9.17) is 16.9 Å². The number of hydrogen-bond donors (Lipinski definition) is 0. The standard InChI is InChI=1S/C17H11ClF3N3/c1-10-15(23-16-6-11(9-22)4-5-24(10)16)7-12-2-3-13(18)8-14(12)17(19,20)21/h2-6,8H,7H2,1H3. The lowest BCUT2D eigenvalue weighted by atomic mass is 10.0. The zero-order valence-corrected chi connectivity index (χ0v) is 13.3. The molecule has 0 radical (unpaired) electrons. The minimum Gasteiger partial charge on any atom is -0.304 e. The molecule has 0 aliphatic heterocycles. The zero-order valence-electron chi connectivity index (χ0n) is 12.5. The molecule has 0 aliphatic carbocycles. The van der Waals surface area contributed by atoms with Crippen LogP contribution in [-0.2, 0) is 12.6 Å². The van der Waals surface area contributed by atoms with Crippen LogP contribution in [0.15, 0.2) is 36.5 Å². The lowest BCUT2D eigenvalue weighted by Gasteiger charge is -2.12. The summed E-state index contributed by atoms with van der Waals surface area (Å²) in [6.45, 7) is 1.78. The van der Waals surface area contributed by atoms with Gasteiger partial charge in [0.15, 0.2) is 0 Å². The highest BCUT2D eigenvalue weighted by Crippen LogP contribution is 2.35. The molecule has 0 unspecified atom stereocenters. The van der Waals surface area contributed by atoms with Crippen molar-refractivity contribution in [1.82, 2.24) is 9.38 Å². The summed E-state index contributed by atoms with van der Waals surface area (Å²) >= 11 is 5.70. The number of fused-ring (bicyclic) bond motifs is 1. The Kier molecular flexibility index (Phi) is 3.98. The minimum absolute atomic E-state index is 0.0292. The summed E-state index contributed by atoms with van der Waals surface area (Å²) in [6.07, 6.45) is -2.77. The Balaban J connectivity index is 2.08. The van der Waals surface area contributed by atoms with E-state index in [-0.39, 0.29) is 17.0 Å². The third-order valence-electron chi connectivity index (χ3n) is 3.83. The maximum atomic E-state index is 13.2. The lowest BCUT2D eigenvalue weighted by molar-refractivity contribution is -0.138. The van der Waals surface area contributed by atoms with Gasteiger partial charge in [-0.15, -0.1) is 0 Å². The van der Waals surface area contributed by atoms with Crippen molar-refractivity contribution in [3.8, 4) is 6.07 Å². The van der Waals surface area contributed by atoms with E-state index < -0.39 is 11.7 Å². The average Bonchev–Trinajstić information content (AvgIpc) is 2.83. The number of rotatable bonds is 2. The quantitative estimate of drug-likeness (QED) is 0.668. The van der Waals surface area contributed by atoms with Crippen molar-refractivity contribution in [1.29, 1.82) is 5.26 Å². The predicted octanol–water partition coefficient (Wildman–Crippen LogP) is 4.78. The smallest absolute Gasteiger partial charge is 0.304 e. The highest BCUT2D eigenvalue weighted by molar-refractivity contribution is 6.30. The minimum atomic E-state index is -4.48. The van der Waals surface area contributed by atoms with Crippen LogP contribution in [0.1, 0.15) is 28.1 Å². The summed E-state index contributed by atoms with van der Waals surface area (Å²) in [4.78, 5) is 4.37. The van der Waals surface area contributed by atoms with Gasteiger partial charge >= 0.3 is 6.18 Å². The Bertz CT molecular complexity index is 968. The molecule has 0 spiro atoms. The van der Waals surface area contributed by atoms with Gasteiger partial charge in [-0.05, 0) is 36.8 Å². The molecule has 2 heterocycles. The van der Waals surface area contributed by atoms with E-state index in [0.717, 1.165) is 11.8 Å². The largest absolute Gasteiger partial charge is 0.416 e. The number of aromatic nitrogens is 2. The number of nitrogens with zero attached hydrogens (tertiary/aromatic N) is 3. The number of hydrogen-bond acceptors (Lipinski definition) is 2. The molecular weight excluding hydrogens is 339 g/mol. The van der Waals surface area contributed by atoms with Crippen LogP contribution in [0, 0.1) is 18.3 Å². The van der Waals surface area contributed by atoms with Gasteiger partial charge in [0.05, 0.1) is 22.9 Å². The van der Waals surface area contributed by atoms with Crippen molar-refractivity contribution in [2.24, 2.45) is 0 Å². The van der Waals surface area contributed by atoms with Crippen molar-refractivity contribution in [3.63, 3.8) is 0 Å². The van der Waals surface area contributed by atoms with Crippen molar-refractivity contribution in [3.05, 3.63) is 69.6 Å². The fourth-order valence-corrected chi connectivity index (χ4v) is 2.77. The van der Waals surface area contributed by atoms with Gasteiger partial charge < -0.3 is 4.40 Å². The zero-order chi connectivity index (χ0) is 17.5. The van der Waals surface area contributed by atoms with Crippen LogP contribution < -0.4 is 0 Å². The van der Waals surface area contributed by atoms with Crippen molar-refractivity contribution >= 4 is 17.2 Å². The third-order valence-corrected chi connectivity index (χ3v) is 4.06. The summed E-state index contributed by atoms with van der Waals surface area (Å²) in [7, 11) is 0. The second-order valence-corrected chi connectivity index (χ2v) is 5.81. The van der Waals surface area contributed by atoms with Gasteiger partial charge in [0, 0.05) is 23.3 Å². The van der Waals surface area contributed by atoms with Crippen LogP contribution >= 0.6 is 11.6 Å². The molecule has 3 aromatic rings. The highest BCUT2D eigenvalue weighted by atomic mass is 35.5. The first kappa shape index (κ1) is 16.3. The molecule has 24 heavy (non-hydrogen) atoms. The molecule has 122 valence electrons. The molecule has 0 fully saturated rings. The average molecular weight is 350 g/mol. The fraction of sp³-hybridized carbons (Fsp3) is 0.176. The van der Waals surface area contributed by atoms with Gasteiger partial charge in [-0.1, -0.05) is 17.7 Å². The van der Waals surface area contributed by atoms with Crippen molar-refractivity contribution in [2.75, 3.05) is 0 Å². The Morgan fingerprint density at radius 2 is 2.00 bits per heavy atom. The first-order valence-electron chi connectivity index (χ1n) is 7.03. The van der Waals surface area contributed by atoms with Gasteiger partial charge in [-0.3, -0.25) is 0 Å². The second-order valence-electron chi connectivity index (χ2n) is 5.38. The molecule has 0 saturated carbocycles. The molecule has 0 saturated heterocycles. The molecule has 0 amide bonds. The third kappa shape index (κ3) is 2.95. The summed E-state index contributed by atoms with van der Waals surface area (Å²) in [6, 6.07) is 8.98. The van der Waals surface area contributed by atoms with E-state index >= 15 is 0 Å². The summed E-state index contributed by atoms with van der Waals surface area (Å²) in [5, 5.41) is 8.97. The first-order chi connectivity index (χ1) is 11.3. The Morgan fingerprint density at radius 1 is 1.25 bits per heavy atom. The van der Waals surface area contributed by atoms with Crippen LogP contribution in [-0.4, -0.2) is 9.38 Å². The van der Waals surface area contributed by atoms with E-state index in [2.05, 4.69) is 4.98 Å². The van der Waals surface area contributed by atoms with Crippen LogP contribution in [0.2, 0.25) is 5.02 Å². The number of alkyl halides is 3.